The van der Waals surface area contributed by atoms with E-state index in [9.17, 15) is 9.59 Å². The molecule has 1 aliphatic heterocycles. The summed E-state index contributed by atoms with van der Waals surface area (Å²) in [5.41, 5.74) is 4.76. The van der Waals surface area contributed by atoms with E-state index in [1.807, 2.05) is 78.9 Å². The van der Waals surface area contributed by atoms with Gasteiger partial charge in [0, 0.05) is 15.6 Å². The maximum absolute atomic E-state index is 14.5. The highest BCUT2D eigenvalue weighted by Gasteiger charge is 2.35. The Labute approximate surface area is 320 Å². The molecule has 0 aliphatic carbocycles. The van der Waals surface area contributed by atoms with Crippen LogP contribution in [0.1, 0.15) is 60.5 Å². The van der Waals surface area contributed by atoms with Crippen molar-refractivity contribution in [2.24, 2.45) is 4.99 Å². The van der Waals surface area contributed by atoms with Crippen molar-refractivity contribution in [3.8, 4) is 5.75 Å². The average Bonchev–Trinajstić information content (AvgIpc) is 3.39. The highest BCUT2D eigenvalue weighted by Crippen LogP contribution is 2.36. The number of rotatable bonds is 9. The van der Waals surface area contributed by atoms with Crippen LogP contribution in [0.4, 0.5) is 0 Å². The summed E-state index contributed by atoms with van der Waals surface area (Å²) in [5, 5.41) is 0.912. The first-order valence-corrected chi connectivity index (χ1v) is 18.9. The van der Waals surface area contributed by atoms with Gasteiger partial charge in [0.15, 0.2) is 4.80 Å². The lowest BCUT2D eigenvalue weighted by Gasteiger charge is -2.26. The molecule has 1 aromatic heterocycles. The van der Waals surface area contributed by atoms with Crippen LogP contribution in [0.2, 0.25) is 10.0 Å². The Bertz CT molecular complexity index is 2270. The van der Waals surface area contributed by atoms with E-state index in [-0.39, 0.29) is 18.8 Å². The number of benzene rings is 4. The zero-order valence-electron chi connectivity index (χ0n) is 26.7. The molecular weight excluding hydrogens is 858 g/mol. The van der Waals surface area contributed by atoms with Gasteiger partial charge in [0.25, 0.3) is 5.56 Å². The Morgan fingerprint density at radius 2 is 1.78 bits per heavy atom. The first-order valence-electron chi connectivity index (χ1n) is 15.5. The lowest BCUT2D eigenvalue weighted by Crippen LogP contribution is -2.40. The van der Waals surface area contributed by atoms with Gasteiger partial charge in [-0.05, 0) is 82.5 Å². The van der Waals surface area contributed by atoms with Crippen molar-refractivity contribution in [1.82, 2.24) is 4.57 Å². The number of ether oxygens (including phenoxy) is 2. The number of nitrogens with zero attached hydrogens (tertiary/aromatic N) is 2. The largest absolute Gasteiger partial charge is 0.487 e. The topological polar surface area (TPSA) is 69.9 Å². The van der Waals surface area contributed by atoms with Crippen LogP contribution in [0.5, 0.6) is 5.75 Å². The standard InChI is InChI=1S/C38H30BrCl2IN2O4S/c1-4-47-37(46)32-33(24-8-6-5-7-9-24)43-38-44(34(32)25-13-11-23(12-14-25)21(2)3)36(45)31(49-38)18-26-17-27(39)19-30(42)35(26)48-20-22-10-15-28(40)29(41)16-22/h5-19,21,34H,4,20H2,1-3H3/b31-18-/t34-/m1/s1. The highest BCUT2D eigenvalue weighted by atomic mass is 127. The van der Waals surface area contributed by atoms with Crippen molar-refractivity contribution in [2.75, 3.05) is 6.61 Å². The van der Waals surface area contributed by atoms with Crippen LogP contribution >= 0.6 is 73.1 Å². The van der Waals surface area contributed by atoms with Gasteiger partial charge in [-0.15, -0.1) is 0 Å². The van der Waals surface area contributed by atoms with E-state index in [0.29, 0.717) is 47.9 Å². The van der Waals surface area contributed by atoms with E-state index in [1.165, 1.54) is 11.3 Å². The molecule has 0 saturated carbocycles. The van der Waals surface area contributed by atoms with Crippen molar-refractivity contribution in [3.05, 3.63) is 156 Å². The third-order valence-corrected chi connectivity index (χ3v) is 11.0. The molecule has 5 aromatic rings. The lowest BCUT2D eigenvalue weighted by molar-refractivity contribution is -0.138. The van der Waals surface area contributed by atoms with E-state index >= 15 is 0 Å². The molecular formula is C38H30BrCl2IN2O4S. The van der Waals surface area contributed by atoms with Gasteiger partial charge in [0.1, 0.15) is 12.4 Å². The number of fused-ring (bicyclic) bond motifs is 1. The maximum Gasteiger partial charge on any atom is 0.338 e. The molecule has 1 aliphatic rings. The molecule has 0 saturated heterocycles. The molecule has 4 aromatic carbocycles. The second kappa shape index (κ2) is 15.3. The Morgan fingerprint density at radius 3 is 2.45 bits per heavy atom. The molecule has 6 rings (SSSR count). The first-order chi connectivity index (χ1) is 23.5. The number of carbonyl (C=O) groups excluding carboxylic acids is 1. The van der Waals surface area contributed by atoms with Gasteiger partial charge in [0.2, 0.25) is 0 Å². The minimum absolute atomic E-state index is 0.181. The normalized spacial score (nSPS) is 14.5. The average molecular weight is 888 g/mol. The number of carbonyl (C=O) groups is 1. The fraction of sp³-hybridized carbons (Fsp3) is 0.184. The Morgan fingerprint density at radius 1 is 1.04 bits per heavy atom. The minimum atomic E-state index is -0.762. The summed E-state index contributed by atoms with van der Waals surface area (Å²) in [5.74, 6) is 0.410. The monoisotopic (exact) mass is 886 g/mol. The van der Waals surface area contributed by atoms with Crippen LogP contribution in [0, 0.1) is 3.57 Å². The summed E-state index contributed by atoms with van der Waals surface area (Å²) in [6.07, 6.45) is 1.82. The molecule has 0 bridgehead atoms. The molecule has 0 N–H and O–H groups in total. The predicted molar refractivity (Wildman–Crippen MR) is 209 cm³/mol. The van der Waals surface area contributed by atoms with E-state index in [2.05, 4.69) is 52.4 Å². The molecule has 0 spiro atoms. The fourth-order valence-corrected chi connectivity index (χ4v) is 8.60. The van der Waals surface area contributed by atoms with Crippen LogP contribution in [-0.2, 0) is 16.1 Å². The number of esters is 1. The van der Waals surface area contributed by atoms with Crippen molar-refractivity contribution >= 4 is 90.8 Å². The van der Waals surface area contributed by atoms with Crippen molar-refractivity contribution in [1.29, 1.82) is 0 Å². The highest BCUT2D eigenvalue weighted by molar-refractivity contribution is 14.1. The van der Waals surface area contributed by atoms with Crippen LogP contribution in [0.25, 0.3) is 11.8 Å². The number of hydrogen-bond acceptors (Lipinski definition) is 6. The van der Waals surface area contributed by atoms with Crippen LogP contribution < -0.4 is 19.6 Å². The minimum Gasteiger partial charge on any atom is -0.487 e. The summed E-state index contributed by atoms with van der Waals surface area (Å²) in [4.78, 5) is 33.8. The van der Waals surface area contributed by atoms with Gasteiger partial charge in [-0.3, -0.25) is 9.36 Å². The molecule has 0 unspecified atom stereocenters. The van der Waals surface area contributed by atoms with Crippen molar-refractivity contribution < 1.29 is 14.3 Å². The summed E-state index contributed by atoms with van der Waals surface area (Å²) in [6, 6.07) is 26.0. The number of hydrogen-bond donors (Lipinski definition) is 0. The van der Waals surface area contributed by atoms with Gasteiger partial charge in [0.05, 0.1) is 42.1 Å². The second-order valence-electron chi connectivity index (χ2n) is 11.6. The van der Waals surface area contributed by atoms with Crippen LogP contribution in [0.15, 0.2) is 105 Å². The number of aromatic nitrogens is 1. The first kappa shape index (κ1) is 35.6. The maximum atomic E-state index is 14.5. The molecule has 49 heavy (non-hydrogen) atoms. The molecule has 2 heterocycles. The molecule has 0 amide bonds. The molecule has 0 fully saturated rings. The Hall–Kier alpha value is -3.22. The number of halogens is 4. The van der Waals surface area contributed by atoms with Crippen molar-refractivity contribution in [3.63, 3.8) is 0 Å². The van der Waals surface area contributed by atoms with E-state index in [1.54, 1.807) is 23.6 Å². The second-order valence-corrected chi connectivity index (χ2v) is 15.5. The van der Waals surface area contributed by atoms with E-state index in [4.69, 9.17) is 37.7 Å². The lowest BCUT2D eigenvalue weighted by atomic mass is 9.91. The predicted octanol–water partition coefficient (Wildman–Crippen LogP) is 9.31. The SMILES string of the molecule is CCOC(=O)C1=C(c2ccccc2)N=c2s/c(=C\c3cc(Br)cc(I)c3OCc3ccc(Cl)c(Cl)c3)c(=O)n2[C@@H]1c1ccc(C(C)C)cc1. The zero-order chi connectivity index (χ0) is 34.8. The van der Waals surface area contributed by atoms with Crippen LogP contribution in [-0.4, -0.2) is 17.1 Å². The van der Waals surface area contributed by atoms with Gasteiger partial charge in [-0.25, -0.2) is 9.79 Å². The van der Waals surface area contributed by atoms with E-state index < -0.39 is 12.0 Å². The van der Waals surface area contributed by atoms with Gasteiger partial charge in [-0.2, -0.15) is 0 Å². The van der Waals surface area contributed by atoms with Crippen molar-refractivity contribution in [2.45, 2.75) is 39.3 Å². The van der Waals surface area contributed by atoms with Gasteiger partial charge >= 0.3 is 5.97 Å². The Kier molecular flexibility index (Phi) is 11.2. The van der Waals surface area contributed by atoms with Gasteiger partial charge < -0.3 is 9.47 Å². The van der Waals surface area contributed by atoms with Gasteiger partial charge in [-0.1, -0.05) is 125 Å². The summed E-state index contributed by atoms with van der Waals surface area (Å²) in [6.45, 7) is 6.44. The third-order valence-electron chi connectivity index (χ3n) is 7.98. The Balaban J connectivity index is 1.55. The smallest absolute Gasteiger partial charge is 0.338 e. The van der Waals surface area contributed by atoms with E-state index in [0.717, 1.165) is 30.3 Å². The molecule has 250 valence electrons. The zero-order valence-corrected chi connectivity index (χ0v) is 32.7. The quantitative estimate of drug-likeness (QED) is 0.109. The fourth-order valence-electron chi connectivity index (χ4n) is 5.58. The summed E-state index contributed by atoms with van der Waals surface area (Å²) in [7, 11) is 0. The molecule has 6 nitrogen and oxygen atoms in total. The number of thiazole rings is 1. The summed E-state index contributed by atoms with van der Waals surface area (Å²) < 4.78 is 15.7. The third kappa shape index (κ3) is 7.61. The molecule has 11 heteroatoms. The molecule has 0 radical (unpaired) electrons. The summed E-state index contributed by atoms with van der Waals surface area (Å²) >= 11 is 19.5. The molecule has 1 atom stereocenters. The van der Waals surface area contributed by atoms with Crippen LogP contribution in [0.3, 0.4) is 0 Å².